The predicted octanol–water partition coefficient (Wildman–Crippen LogP) is 2.13. The van der Waals surface area contributed by atoms with Gasteiger partial charge in [0.05, 0.1) is 0 Å². The molecule has 0 bridgehead atoms. The smallest absolute Gasteiger partial charge is 0.420 e. The van der Waals surface area contributed by atoms with Gasteiger partial charge in [-0.2, -0.15) is 4.39 Å². The normalized spacial score (nSPS) is 7.60. The van der Waals surface area contributed by atoms with E-state index in [2.05, 4.69) is 4.98 Å². The van der Waals surface area contributed by atoms with Crippen LogP contribution in [-0.4, -0.2) is 5.48 Å². The van der Waals surface area contributed by atoms with Crippen LogP contribution in [0.3, 0.4) is 0 Å². The Kier molecular flexibility index (Phi) is 3.02. The fourth-order valence-electron chi connectivity index (χ4n) is 0.533. The fourth-order valence-corrected chi connectivity index (χ4v) is 0.533. The van der Waals surface area contributed by atoms with Crippen LogP contribution >= 0.6 is 0 Å². The monoisotopic (exact) mass is 140 g/mol. The van der Waals surface area contributed by atoms with Crippen molar-refractivity contribution in [3.63, 3.8) is 0 Å². The SMILES string of the molecule is N#[N+]c1ccccc1F.[OH-]. The molecule has 0 spiro atoms. The number of hydrogen-bond acceptors (Lipinski definition) is 2. The maximum atomic E-state index is 12.3. The molecule has 0 radical (unpaired) electrons. The molecule has 0 aliphatic rings. The van der Waals surface area contributed by atoms with Crippen LogP contribution in [0.2, 0.25) is 0 Å². The zero-order chi connectivity index (χ0) is 6.69. The molecular formula is C6H5FN2O. The first-order chi connectivity index (χ1) is 4.34. The Morgan fingerprint density at radius 3 is 2.30 bits per heavy atom. The summed E-state index contributed by atoms with van der Waals surface area (Å²) in [6, 6.07) is 5.74. The van der Waals surface area contributed by atoms with Crippen molar-refractivity contribution in [2.24, 2.45) is 0 Å². The lowest BCUT2D eigenvalue weighted by Crippen LogP contribution is -1.68. The van der Waals surface area contributed by atoms with Crippen LogP contribution < -0.4 is 0 Å². The predicted molar refractivity (Wildman–Crippen MR) is 33.1 cm³/mol. The lowest BCUT2D eigenvalue weighted by molar-refractivity contribution is 0.633. The van der Waals surface area contributed by atoms with Crippen LogP contribution in [0.1, 0.15) is 0 Å². The molecule has 52 valence electrons. The van der Waals surface area contributed by atoms with Gasteiger partial charge in [-0.3, -0.25) is 0 Å². The molecule has 0 heterocycles. The van der Waals surface area contributed by atoms with Gasteiger partial charge in [-0.15, -0.1) is 0 Å². The molecule has 0 aliphatic heterocycles. The molecule has 0 amide bonds. The van der Waals surface area contributed by atoms with E-state index in [1.165, 1.54) is 18.2 Å². The Balaban J connectivity index is 0.000000810. The third-order valence-electron chi connectivity index (χ3n) is 0.960. The van der Waals surface area contributed by atoms with E-state index in [-0.39, 0.29) is 11.2 Å². The second kappa shape index (κ2) is 3.54. The molecule has 1 N–H and O–H groups in total. The Hall–Kier alpha value is -1.47. The molecule has 0 unspecified atom stereocenters. The topological polar surface area (TPSA) is 58.1 Å². The second-order valence-corrected chi connectivity index (χ2v) is 1.55. The van der Waals surface area contributed by atoms with Crippen molar-refractivity contribution in [2.75, 3.05) is 0 Å². The number of benzene rings is 1. The zero-order valence-electron chi connectivity index (χ0n) is 5.03. The Morgan fingerprint density at radius 2 is 1.90 bits per heavy atom. The molecular weight excluding hydrogens is 135 g/mol. The summed E-state index contributed by atoms with van der Waals surface area (Å²) >= 11 is 0. The van der Waals surface area contributed by atoms with E-state index in [4.69, 9.17) is 5.39 Å². The van der Waals surface area contributed by atoms with Crippen molar-refractivity contribution < 1.29 is 9.87 Å². The van der Waals surface area contributed by atoms with Gasteiger partial charge in [0.15, 0.2) is 4.98 Å². The quantitative estimate of drug-likeness (QED) is 0.518. The summed E-state index contributed by atoms with van der Waals surface area (Å²) in [4.78, 5) is 2.70. The summed E-state index contributed by atoms with van der Waals surface area (Å²) in [7, 11) is 0. The summed E-state index contributed by atoms with van der Waals surface area (Å²) in [5.41, 5.74) is -0.0301. The summed E-state index contributed by atoms with van der Waals surface area (Å²) in [5, 5.41) is 8.10. The van der Waals surface area contributed by atoms with E-state index in [1.807, 2.05) is 0 Å². The molecule has 1 aromatic carbocycles. The summed E-state index contributed by atoms with van der Waals surface area (Å²) < 4.78 is 12.3. The Bertz CT molecular complexity index is 256. The minimum absolute atomic E-state index is 0. The number of hydrogen-bond donors (Lipinski definition) is 0. The molecule has 10 heavy (non-hydrogen) atoms. The number of nitrogens with zero attached hydrogens (tertiary/aromatic N) is 2. The van der Waals surface area contributed by atoms with E-state index in [0.29, 0.717) is 0 Å². The van der Waals surface area contributed by atoms with Gasteiger partial charge in [-0.05, 0) is 6.07 Å². The minimum atomic E-state index is -0.514. The van der Waals surface area contributed by atoms with E-state index < -0.39 is 5.82 Å². The minimum Gasteiger partial charge on any atom is -0.870 e. The van der Waals surface area contributed by atoms with Crippen molar-refractivity contribution in [3.8, 4) is 0 Å². The van der Waals surface area contributed by atoms with Gasteiger partial charge in [0, 0.05) is 6.07 Å². The average molecular weight is 140 g/mol. The maximum Gasteiger partial charge on any atom is 0.420 e. The highest BCUT2D eigenvalue weighted by molar-refractivity contribution is 5.44. The first kappa shape index (κ1) is 8.53. The van der Waals surface area contributed by atoms with Crippen LogP contribution in [0.5, 0.6) is 0 Å². The fraction of sp³-hybridized carbons (Fsp3) is 0. The molecule has 1 aromatic rings. The number of rotatable bonds is 0. The van der Waals surface area contributed by atoms with Crippen molar-refractivity contribution in [1.82, 2.24) is 0 Å². The van der Waals surface area contributed by atoms with Crippen LogP contribution in [0.25, 0.3) is 4.98 Å². The van der Waals surface area contributed by atoms with E-state index in [0.717, 1.165) is 0 Å². The first-order valence-electron chi connectivity index (χ1n) is 2.44. The highest BCUT2D eigenvalue weighted by Gasteiger charge is 2.09. The summed E-state index contributed by atoms with van der Waals surface area (Å²) in [6.07, 6.45) is 0. The third kappa shape index (κ3) is 1.50. The molecule has 3 nitrogen and oxygen atoms in total. The zero-order valence-corrected chi connectivity index (χ0v) is 5.03. The van der Waals surface area contributed by atoms with Crippen LogP contribution in [-0.2, 0) is 0 Å². The third-order valence-corrected chi connectivity index (χ3v) is 0.960. The Morgan fingerprint density at radius 1 is 1.30 bits per heavy atom. The van der Waals surface area contributed by atoms with Gasteiger partial charge < -0.3 is 5.48 Å². The molecule has 0 aromatic heterocycles. The van der Waals surface area contributed by atoms with Crippen LogP contribution in [0, 0.1) is 11.2 Å². The van der Waals surface area contributed by atoms with Gasteiger partial charge in [-0.25, -0.2) is 0 Å². The standard InChI is InChI=1S/C6H4FN2.H2O/c7-5-3-1-2-4-6(5)9-8;/h1-4H;1H2/q+1;/p-1. The van der Waals surface area contributed by atoms with E-state index in [1.54, 1.807) is 6.07 Å². The van der Waals surface area contributed by atoms with Crippen molar-refractivity contribution >= 4 is 5.69 Å². The maximum absolute atomic E-state index is 12.3. The van der Waals surface area contributed by atoms with Crippen molar-refractivity contribution in [3.05, 3.63) is 35.1 Å². The molecule has 0 saturated carbocycles. The first-order valence-corrected chi connectivity index (χ1v) is 2.44. The summed E-state index contributed by atoms with van der Waals surface area (Å²) in [6.45, 7) is 0. The molecule has 0 atom stereocenters. The van der Waals surface area contributed by atoms with Gasteiger partial charge in [0.1, 0.15) is 0 Å². The molecule has 0 aliphatic carbocycles. The van der Waals surface area contributed by atoms with E-state index >= 15 is 0 Å². The number of halogens is 1. The highest BCUT2D eigenvalue weighted by atomic mass is 19.1. The molecule has 1 rings (SSSR count). The van der Waals surface area contributed by atoms with Gasteiger partial charge in [0.2, 0.25) is 11.2 Å². The van der Waals surface area contributed by atoms with Gasteiger partial charge >= 0.3 is 5.69 Å². The van der Waals surface area contributed by atoms with Crippen molar-refractivity contribution in [1.29, 1.82) is 5.39 Å². The van der Waals surface area contributed by atoms with Gasteiger partial charge in [-0.1, -0.05) is 12.1 Å². The average Bonchev–Trinajstić information content (AvgIpc) is 1.89. The van der Waals surface area contributed by atoms with Crippen LogP contribution in [0.15, 0.2) is 24.3 Å². The van der Waals surface area contributed by atoms with Gasteiger partial charge in [0.25, 0.3) is 0 Å². The highest BCUT2D eigenvalue weighted by Crippen LogP contribution is 2.14. The molecule has 0 fully saturated rings. The second-order valence-electron chi connectivity index (χ2n) is 1.55. The largest absolute Gasteiger partial charge is 0.870 e. The lowest BCUT2D eigenvalue weighted by Gasteiger charge is -1.76. The number of diazo groups is 1. The molecule has 0 saturated heterocycles. The van der Waals surface area contributed by atoms with Crippen LogP contribution in [0.4, 0.5) is 10.1 Å². The molecule has 4 heteroatoms. The van der Waals surface area contributed by atoms with Crippen molar-refractivity contribution in [2.45, 2.75) is 0 Å². The lowest BCUT2D eigenvalue weighted by atomic mass is 10.3. The van der Waals surface area contributed by atoms with E-state index in [9.17, 15) is 4.39 Å². The summed E-state index contributed by atoms with van der Waals surface area (Å²) in [5.74, 6) is -0.514. The Labute approximate surface area is 57.0 Å².